The van der Waals surface area contributed by atoms with Crippen molar-refractivity contribution in [3.63, 3.8) is 0 Å². The van der Waals surface area contributed by atoms with Crippen LogP contribution in [0.15, 0.2) is 18.2 Å². The normalized spacial score (nSPS) is 32.6. The average molecular weight is 382 g/mol. The number of imide groups is 1. The molecule has 4 atom stereocenters. The van der Waals surface area contributed by atoms with Gasteiger partial charge in [-0.2, -0.15) is 0 Å². The maximum absolute atomic E-state index is 12.8. The van der Waals surface area contributed by atoms with Crippen molar-refractivity contribution in [3.05, 3.63) is 34.9 Å². The number of amides is 3. The van der Waals surface area contributed by atoms with Crippen molar-refractivity contribution in [1.82, 2.24) is 15.1 Å². The number of likely N-dealkylation sites (tertiary alicyclic amines) is 1. The highest BCUT2D eigenvalue weighted by molar-refractivity contribution is 6.05. The molecule has 3 amide bonds. The van der Waals surface area contributed by atoms with E-state index in [0.29, 0.717) is 36.5 Å². The first-order valence-electron chi connectivity index (χ1n) is 10.2. The van der Waals surface area contributed by atoms with Gasteiger partial charge in [-0.15, -0.1) is 0 Å². The van der Waals surface area contributed by atoms with Crippen LogP contribution in [-0.4, -0.2) is 52.2 Å². The van der Waals surface area contributed by atoms with Crippen molar-refractivity contribution in [2.75, 3.05) is 6.54 Å². The summed E-state index contributed by atoms with van der Waals surface area (Å²) in [5, 5.41) is 2.35. The Morgan fingerprint density at radius 3 is 2.82 bits per heavy atom. The van der Waals surface area contributed by atoms with Crippen molar-refractivity contribution in [1.29, 1.82) is 0 Å². The Kier molecular flexibility index (Phi) is 4.25. The van der Waals surface area contributed by atoms with E-state index in [4.69, 9.17) is 5.73 Å². The zero-order valence-electron chi connectivity index (χ0n) is 15.9. The fourth-order valence-corrected chi connectivity index (χ4v) is 5.53. The molecule has 3 fully saturated rings. The van der Waals surface area contributed by atoms with Gasteiger partial charge in [0.25, 0.3) is 5.91 Å². The smallest absolute Gasteiger partial charge is 0.255 e. The molecule has 0 aromatic heterocycles. The fourth-order valence-electron chi connectivity index (χ4n) is 5.53. The summed E-state index contributed by atoms with van der Waals surface area (Å²) in [6, 6.07) is 6.39. The van der Waals surface area contributed by atoms with E-state index in [1.54, 1.807) is 4.90 Å². The lowest BCUT2D eigenvalue weighted by atomic mass is 9.87. The minimum atomic E-state index is -0.555. The molecule has 148 valence electrons. The van der Waals surface area contributed by atoms with Gasteiger partial charge in [0.15, 0.2) is 0 Å². The first-order valence-corrected chi connectivity index (χ1v) is 10.2. The van der Waals surface area contributed by atoms with Gasteiger partial charge >= 0.3 is 0 Å². The molecule has 2 bridgehead atoms. The summed E-state index contributed by atoms with van der Waals surface area (Å²) in [7, 11) is 0. The summed E-state index contributed by atoms with van der Waals surface area (Å²) in [4.78, 5) is 40.5. The average Bonchev–Trinajstić information content (AvgIpc) is 3.11. The molecular formula is C21H26N4O3. The first kappa shape index (κ1) is 17.8. The van der Waals surface area contributed by atoms with Crippen LogP contribution >= 0.6 is 0 Å². The van der Waals surface area contributed by atoms with Crippen molar-refractivity contribution in [3.8, 4) is 0 Å². The molecule has 7 heteroatoms. The van der Waals surface area contributed by atoms with E-state index in [9.17, 15) is 14.4 Å². The summed E-state index contributed by atoms with van der Waals surface area (Å²) in [5.74, 6) is -0.0200. The van der Waals surface area contributed by atoms with Crippen LogP contribution in [0.1, 0.15) is 53.6 Å². The van der Waals surface area contributed by atoms with Gasteiger partial charge in [-0.05, 0) is 48.8 Å². The van der Waals surface area contributed by atoms with E-state index in [1.165, 1.54) is 12.0 Å². The van der Waals surface area contributed by atoms with Crippen LogP contribution in [0.5, 0.6) is 0 Å². The quantitative estimate of drug-likeness (QED) is 0.753. The third-order valence-corrected chi connectivity index (χ3v) is 6.80. The SMILES string of the molecule is N[C@@H]1C[C@H]2C[C@@H](C1)N(Cc1ccc3c(c1)CN(C1CCC(=O)NC1=O)C3=O)C2. The van der Waals surface area contributed by atoms with Crippen LogP contribution in [0.3, 0.4) is 0 Å². The van der Waals surface area contributed by atoms with E-state index >= 15 is 0 Å². The Morgan fingerprint density at radius 1 is 1.14 bits per heavy atom. The third kappa shape index (κ3) is 3.02. The molecule has 1 aromatic carbocycles. The summed E-state index contributed by atoms with van der Waals surface area (Å²) in [5.41, 5.74) is 9.04. The molecule has 2 saturated heterocycles. The second kappa shape index (κ2) is 6.67. The van der Waals surface area contributed by atoms with Gasteiger partial charge in [-0.1, -0.05) is 12.1 Å². The number of fused-ring (bicyclic) bond motifs is 3. The van der Waals surface area contributed by atoms with Crippen LogP contribution in [0.4, 0.5) is 0 Å². The lowest BCUT2D eigenvalue weighted by Crippen LogP contribution is -2.52. The van der Waals surface area contributed by atoms with E-state index < -0.39 is 6.04 Å². The highest BCUT2D eigenvalue weighted by Crippen LogP contribution is 2.36. The van der Waals surface area contributed by atoms with E-state index in [-0.39, 0.29) is 24.1 Å². The van der Waals surface area contributed by atoms with Crippen LogP contribution in [0.2, 0.25) is 0 Å². The second-order valence-electron chi connectivity index (χ2n) is 8.81. The number of hydrogen-bond acceptors (Lipinski definition) is 5. The maximum atomic E-state index is 12.8. The topological polar surface area (TPSA) is 95.7 Å². The fraction of sp³-hybridized carbons (Fsp3) is 0.571. The van der Waals surface area contributed by atoms with Gasteiger partial charge in [0.05, 0.1) is 0 Å². The van der Waals surface area contributed by atoms with E-state index in [0.717, 1.165) is 31.5 Å². The van der Waals surface area contributed by atoms with Crippen LogP contribution in [0.25, 0.3) is 0 Å². The van der Waals surface area contributed by atoms with Gasteiger partial charge in [-0.3, -0.25) is 24.6 Å². The minimum Gasteiger partial charge on any atom is -0.328 e. The zero-order chi connectivity index (χ0) is 19.4. The van der Waals surface area contributed by atoms with E-state index in [1.807, 2.05) is 12.1 Å². The largest absolute Gasteiger partial charge is 0.328 e. The zero-order valence-corrected chi connectivity index (χ0v) is 15.9. The van der Waals surface area contributed by atoms with Crippen molar-refractivity contribution < 1.29 is 14.4 Å². The number of nitrogens with two attached hydrogens (primary N) is 1. The van der Waals surface area contributed by atoms with Gasteiger partial charge < -0.3 is 10.6 Å². The van der Waals surface area contributed by atoms with Gasteiger partial charge in [0, 0.05) is 43.7 Å². The Morgan fingerprint density at radius 2 is 2.00 bits per heavy atom. The van der Waals surface area contributed by atoms with Crippen LogP contribution < -0.4 is 11.1 Å². The maximum Gasteiger partial charge on any atom is 0.255 e. The second-order valence-corrected chi connectivity index (χ2v) is 8.81. The molecule has 0 radical (unpaired) electrons. The number of carbonyl (C=O) groups is 3. The summed E-state index contributed by atoms with van der Waals surface area (Å²) in [6.07, 6.45) is 4.13. The van der Waals surface area contributed by atoms with Gasteiger partial charge in [0.2, 0.25) is 11.8 Å². The number of rotatable bonds is 3. The number of nitrogens with zero attached hydrogens (tertiary/aromatic N) is 2. The summed E-state index contributed by atoms with van der Waals surface area (Å²) >= 11 is 0. The van der Waals surface area contributed by atoms with Gasteiger partial charge in [0.1, 0.15) is 6.04 Å². The number of carbonyl (C=O) groups excluding carboxylic acids is 3. The predicted molar refractivity (Wildman–Crippen MR) is 102 cm³/mol. The van der Waals surface area contributed by atoms with Crippen molar-refractivity contribution in [2.24, 2.45) is 11.7 Å². The highest BCUT2D eigenvalue weighted by atomic mass is 16.2. The molecule has 3 heterocycles. The molecule has 3 aliphatic heterocycles. The molecule has 4 aliphatic rings. The van der Waals surface area contributed by atoms with Crippen LogP contribution in [-0.2, 0) is 22.7 Å². The van der Waals surface area contributed by atoms with Gasteiger partial charge in [-0.25, -0.2) is 0 Å². The van der Waals surface area contributed by atoms with Crippen molar-refractivity contribution in [2.45, 2.75) is 63.3 Å². The third-order valence-electron chi connectivity index (χ3n) is 6.80. The van der Waals surface area contributed by atoms with E-state index in [2.05, 4.69) is 16.3 Å². The molecule has 1 aliphatic carbocycles. The molecular weight excluding hydrogens is 356 g/mol. The molecule has 1 aromatic rings. The molecule has 0 spiro atoms. The molecule has 7 nitrogen and oxygen atoms in total. The lowest BCUT2D eigenvalue weighted by molar-refractivity contribution is -0.136. The summed E-state index contributed by atoms with van der Waals surface area (Å²) < 4.78 is 0. The number of benzene rings is 1. The predicted octanol–water partition coefficient (Wildman–Crippen LogP) is 0.759. The standard InChI is InChI=1S/C21H26N4O3/c22-15-6-13-7-16(8-15)24(10-13)9-12-1-2-17-14(5-12)11-25(21(17)28)18-3-4-19(26)23-20(18)27/h1-2,5,13,15-16,18H,3-4,6-11,22H2,(H,23,26,27)/t13-,15+,16-,18?/m0/s1. The number of hydrogen-bond donors (Lipinski definition) is 2. The number of nitrogens with one attached hydrogen (secondary N) is 1. The number of piperidine rings is 1. The first-order chi connectivity index (χ1) is 13.5. The monoisotopic (exact) mass is 382 g/mol. The summed E-state index contributed by atoms with van der Waals surface area (Å²) in [6.45, 7) is 2.43. The molecule has 1 unspecified atom stereocenters. The lowest BCUT2D eigenvalue weighted by Gasteiger charge is -2.29. The molecule has 1 saturated carbocycles. The molecule has 28 heavy (non-hydrogen) atoms. The Balaban J connectivity index is 1.31. The molecule has 5 rings (SSSR count). The Labute approximate surface area is 164 Å². The molecule has 3 N–H and O–H groups in total. The minimum absolute atomic E-state index is 0.112. The van der Waals surface area contributed by atoms with Crippen LogP contribution in [0, 0.1) is 5.92 Å². The highest BCUT2D eigenvalue weighted by Gasteiger charge is 2.40. The van der Waals surface area contributed by atoms with Crippen molar-refractivity contribution >= 4 is 17.7 Å². The Bertz CT molecular complexity index is 854. The Hall–Kier alpha value is -2.25.